The molecule has 0 saturated carbocycles. The van der Waals surface area contributed by atoms with Crippen LogP contribution in [-0.4, -0.2) is 23.1 Å². The van der Waals surface area contributed by atoms with Crippen molar-refractivity contribution in [1.82, 2.24) is 5.32 Å². The number of carbonyl (C=O) groups excluding carboxylic acids is 1. The van der Waals surface area contributed by atoms with Crippen molar-refractivity contribution in [3.63, 3.8) is 0 Å². The number of nitrogens with one attached hydrogen (secondary N) is 2. The first-order valence-electron chi connectivity index (χ1n) is 8.35. The van der Waals surface area contributed by atoms with Crippen LogP contribution in [0.15, 0.2) is 48.5 Å². The number of hydrogen-bond acceptors (Lipinski definition) is 2. The van der Waals surface area contributed by atoms with E-state index < -0.39 is 5.97 Å². The Bertz CT molecular complexity index is 709. The Morgan fingerprint density at radius 2 is 1.64 bits per heavy atom. The number of benzene rings is 2. The fourth-order valence-electron chi connectivity index (χ4n) is 2.77. The largest absolute Gasteiger partial charge is 0.481 e. The van der Waals surface area contributed by atoms with Gasteiger partial charge in [-0.25, -0.2) is 4.79 Å². The van der Waals surface area contributed by atoms with E-state index in [1.165, 1.54) is 0 Å². The van der Waals surface area contributed by atoms with E-state index in [9.17, 15) is 9.59 Å². The summed E-state index contributed by atoms with van der Waals surface area (Å²) in [5.74, 6) is -0.866. The number of carbonyl (C=O) groups is 2. The van der Waals surface area contributed by atoms with Crippen LogP contribution in [0.3, 0.4) is 0 Å². The number of rotatable bonds is 7. The van der Waals surface area contributed by atoms with Gasteiger partial charge in [0.05, 0.1) is 0 Å². The molecule has 0 aliphatic carbocycles. The van der Waals surface area contributed by atoms with E-state index in [1.807, 2.05) is 62.4 Å². The second-order valence-corrected chi connectivity index (χ2v) is 6.18. The highest BCUT2D eigenvalue weighted by Gasteiger charge is 2.16. The molecule has 5 heteroatoms. The molecule has 3 N–H and O–H groups in total. The fraction of sp³-hybridized carbons (Fsp3) is 0.300. The summed E-state index contributed by atoms with van der Waals surface area (Å²) in [5, 5.41) is 14.7. The lowest BCUT2D eigenvalue weighted by Gasteiger charge is -2.20. The average Bonchev–Trinajstić information content (AvgIpc) is 2.57. The molecule has 0 aromatic heterocycles. The lowest BCUT2D eigenvalue weighted by molar-refractivity contribution is -0.137. The second-order valence-electron chi connectivity index (χ2n) is 6.18. The predicted octanol–water partition coefficient (Wildman–Crippen LogP) is 3.90. The predicted molar refractivity (Wildman–Crippen MR) is 98.9 cm³/mol. The Balaban J connectivity index is 2.04. The van der Waals surface area contributed by atoms with Crippen molar-refractivity contribution in [2.24, 2.45) is 0 Å². The van der Waals surface area contributed by atoms with Gasteiger partial charge in [-0.1, -0.05) is 48.5 Å². The standard InChI is InChI=1S/C20H24N2O3/c1-14-7-6-8-15(2)19(14)22-20(25)21-17(11-12-18(23)24)13-16-9-4-3-5-10-16/h3-10,17H,11-13H2,1-2H3,(H,23,24)(H2,21,22,25). The lowest BCUT2D eigenvalue weighted by Crippen LogP contribution is -2.39. The van der Waals surface area contributed by atoms with Crippen LogP contribution < -0.4 is 10.6 Å². The number of anilines is 1. The zero-order valence-corrected chi connectivity index (χ0v) is 14.6. The quantitative estimate of drug-likeness (QED) is 0.715. The Morgan fingerprint density at radius 1 is 1.00 bits per heavy atom. The smallest absolute Gasteiger partial charge is 0.319 e. The van der Waals surface area contributed by atoms with E-state index in [1.54, 1.807) is 0 Å². The first kappa shape index (κ1) is 18.5. The number of aryl methyl sites for hydroxylation is 2. The van der Waals surface area contributed by atoms with Gasteiger partial charge in [0.2, 0.25) is 0 Å². The molecule has 0 spiro atoms. The van der Waals surface area contributed by atoms with Gasteiger partial charge in [-0.05, 0) is 43.4 Å². The summed E-state index contributed by atoms with van der Waals surface area (Å²) in [6.07, 6.45) is 0.986. The average molecular weight is 340 g/mol. The topological polar surface area (TPSA) is 78.4 Å². The third-order valence-electron chi connectivity index (χ3n) is 4.09. The van der Waals surface area contributed by atoms with Crippen LogP contribution in [0.25, 0.3) is 0 Å². The zero-order chi connectivity index (χ0) is 18.2. The molecule has 0 saturated heterocycles. The molecule has 0 aliphatic rings. The minimum atomic E-state index is -0.866. The molecule has 2 aromatic carbocycles. The van der Waals surface area contributed by atoms with Crippen LogP contribution in [0.2, 0.25) is 0 Å². The van der Waals surface area contributed by atoms with E-state index >= 15 is 0 Å². The summed E-state index contributed by atoms with van der Waals surface area (Å²) < 4.78 is 0. The number of aliphatic carboxylic acids is 1. The molecular formula is C20H24N2O3. The van der Waals surface area contributed by atoms with E-state index in [-0.39, 0.29) is 18.5 Å². The van der Waals surface area contributed by atoms with Gasteiger partial charge in [0.1, 0.15) is 0 Å². The summed E-state index contributed by atoms with van der Waals surface area (Å²) >= 11 is 0. The van der Waals surface area contributed by atoms with Crippen LogP contribution in [0.5, 0.6) is 0 Å². The van der Waals surface area contributed by atoms with E-state index in [0.29, 0.717) is 12.8 Å². The van der Waals surface area contributed by atoms with E-state index in [4.69, 9.17) is 5.11 Å². The number of hydrogen-bond donors (Lipinski definition) is 3. The van der Waals surface area contributed by atoms with Crippen molar-refractivity contribution in [3.8, 4) is 0 Å². The second kappa shape index (κ2) is 8.87. The van der Waals surface area contributed by atoms with Gasteiger partial charge in [0.25, 0.3) is 0 Å². The van der Waals surface area contributed by atoms with Gasteiger partial charge in [0.15, 0.2) is 0 Å². The number of carboxylic acids is 1. The molecule has 2 rings (SSSR count). The lowest BCUT2D eigenvalue weighted by atomic mass is 10.0. The maximum absolute atomic E-state index is 12.4. The molecule has 5 nitrogen and oxygen atoms in total. The maximum atomic E-state index is 12.4. The van der Waals surface area contributed by atoms with Gasteiger partial charge in [-0.2, -0.15) is 0 Å². The minimum Gasteiger partial charge on any atom is -0.481 e. The molecule has 2 aromatic rings. The summed E-state index contributed by atoms with van der Waals surface area (Å²) in [6.45, 7) is 3.88. The van der Waals surface area contributed by atoms with Crippen molar-refractivity contribution in [3.05, 3.63) is 65.2 Å². The van der Waals surface area contributed by atoms with Gasteiger partial charge < -0.3 is 15.7 Å². The fourth-order valence-corrected chi connectivity index (χ4v) is 2.77. The Morgan fingerprint density at radius 3 is 2.24 bits per heavy atom. The Labute approximate surface area is 148 Å². The third-order valence-corrected chi connectivity index (χ3v) is 4.09. The van der Waals surface area contributed by atoms with Gasteiger partial charge in [-0.15, -0.1) is 0 Å². The highest BCUT2D eigenvalue weighted by atomic mass is 16.4. The number of urea groups is 1. The highest BCUT2D eigenvalue weighted by Crippen LogP contribution is 2.19. The summed E-state index contributed by atoms with van der Waals surface area (Å²) in [7, 11) is 0. The van der Waals surface area contributed by atoms with Crippen LogP contribution in [0.1, 0.15) is 29.5 Å². The Hall–Kier alpha value is -2.82. The van der Waals surface area contributed by atoms with Crippen molar-refractivity contribution in [2.45, 2.75) is 39.2 Å². The molecule has 1 atom stereocenters. The number of carboxylic acid groups (broad SMARTS) is 1. The van der Waals surface area contributed by atoms with Gasteiger partial charge in [-0.3, -0.25) is 4.79 Å². The van der Waals surface area contributed by atoms with Crippen molar-refractivity contribution in [1.29, 1.82) is 0 Å². The number of para-hydroxylation sites is 1. The highest BCUT2D eigenvalue weighted by molar-refractivity contribution is 5.91. The van der Waals surface area contributed by atoms with Crippen LogP contribution in [0, 0.1) is 13.8 Å². The molecule has 1 unspecified atom stereocenters. The van der Waals surface area contributed by atoms with Crippen molar-refractivity contribution in [2.75, 3.05) is 5.32 Å². The Kier molecular flexibility index (Phi) is 6.57. The third kappa shape index (κ3) is 5.95. The summed E-state index contributed by atoms with van der Waals surface area (Å²) in [4.78, 5) is 23.3. The van der Waals surface area contributed by atoms with Crippen molar-refractivity contribution >= 4 is 17.7 Å². The molecule has 2 amide bonds. The molecule has 25 heavy (non-hydrogen) atoms. The minimum absolute atomic E-state index is 0.0151. The maximum Gasteiger partial charge on any atom is 0.319 e. The molecule has 0 aliphatic heterocycles. The summed E-state index contributed by atoms with van der Waals surface area (Å²) in [6, 6.07) is 15.0. The monoisotopic (exact) mass is 340 g/mol. The van der Waals surface area contributed by atoms with E-state index in [0.717, 1.165) is 22.4 Å². The SMILES string of the molecule is Cc1cccc(C)c1NC(=O)NC(CCC(=O)O)Cc1ccccc1. The molecule has 0 bridgehead atoms. The van der Waals surface area contributed by atoms with Gasteiger partial charge >= 0.3 is 12.0 Å². The first-order chi connectivity index (χ1) is 12.0. The van der Waals surface area contributed by atoms with Gasteiger partial charge in [0, 0.05) is 18.2 Å². The molecule has 0 radical (unpaired) electrons. The molecule has 132 valence electrons. The molecule has 0 fully saturated rings. The number of amides is 2. The normalized spacial score (nSPS) is 11.6. The molecular weight excluding hydrogens is 316 g/mol. The summed E-state index contributed by atoms with van der Waals surface area (Å²) in [5.41, 5.74) is 3.82. The zero-order valence-electron chi connectivity index (χ0n) is 14.6. The van der Waals surface area contributed by atoms with Crippen LogP contribution in [-0.2, 0) is 11.2 Å². The first-order valence-corrected chi connectivity index (χ1v) is 8.35. The van der Waals surface area contributed by atoms with Crippen molar-refractivity contribution < 1.29 is 14.7 Å². The molecule has 0 heterocycles. The van der Waals surface area contributed by atoms with Crippen LogP contribution in [0.4, 0.5) is 10.5 Å². The van der Waals surface area contributed by atoms with Crippen LogP contribution >= 0.6 is 0 Å². The van der Waals surface area contributed by atoms with E-state index in [2.05, 4.69) is 10.6 Å².